The summed E-state index contributed by atoms with van der Waals surface area (Å²) in [4.78, 5) is 26.3. The Hall–Kier alpha value is -2.40. The van der Waals surface area contributed by atoms with Crippen LogP contribution in [-0.4, -0.2) is 29.8 Å². The Bertz CT molecular complexity index is 840. The third-order valence-corrected chi connectivity index (χ3v) is 4.89. The van der Waals surface area contributed by atoms with E-state index in [0.29, 0.717) is 35.8 Å². The molecule has 2 aromatic carbocycles. The lowest BCUT2D eigenvalue weighted by atomic mass is 10.1. The van der Waals surface area contributed by atoms with E-state index in [-0.39, 0.29) is 24.1 Å². The molecule has 1 heterocycles. The van der Waals surface area contributed by atoms with Crippen molar-refractivity contribution in [2.45, 2.75) is 19.8 Å². The third-order valence-electron chi connectivity index (χ3n) is 4.65. The maximum absolute atomic E-state index is 13.7. The van der Waals surface area contributed by atoms with Crippen LogP contribution in [0.15, 0.2) is 42.5 Å². The molecular formula is C20H20ClFN2O2. The minimum absolute atomic E-state index is 0.0793. The maximum atomic E-state index is 13.7. The average Bonchev–Trinajstić information content (AvgIpc) is 2.98. The van der Waals surface area contributed by atoms with Crippen molar-refractivity contribution >= 4 is 29.1 Å². The summed E-state index contributed by atoms with van der Waals surface area (Å²) in [5.74, 6) is -0.965. The highest BCUT2D eigenvalue weighted by molar-refractivity contribution is 6.31. The molecule has 0 radical (unpaired) electrons. The highest BCUT2D eigenvalue weighted by Gasteiger charge is 2.34. The topological polar surface area (TPSA) is 49.4 Å². The van der Waals surface area contributed by atoms with E-state index < -0.39 is 5.92 Å². The fraction of sp³-hybridized carbons (Fsp3) is 0.300. The van der Waals surface area contributed by atoms with Gasteiger partial charge in [-0.3, -0.25) is 9.59 Å². The smallest absolute Gasteiger partial charge is 0.229 e. The van der Waals surface area contributed by atoms with Gasteiger partial charge in [0.05, 0.1) is 5.92 Å². The summed E-state index contributed by atoms with van der Waals surface area (Å²) in [7, 11) is 0. The monoisotopic (exact) mass is 374 g/mol. The number of benzene rings is 2. The largest absolute Gasteiger partial charge is 0.342 e. The van der Waals surface area contributed by atoms with E-state index in [2.05, 4.69) is 5.32 Å². The molecule has 1 fully saturated rings. The number of anilines is 1. The zero-order valence-corrected chi connectivity index (χ0v) is 15.2. The molecule has 136 valence electrons. The summed E-state index contributed by atoms with van der Waals surface area (Å²) in [6, 6.07) is 11.8. The van der Waals surface area contributed by atoms with E-state index >= 15 is 0 Å². The van der Waals surface area contributed by atoms with E-state index in [0.717, 1.165) is 5.56 Å². The van der Waals surface area contributed by atoms with E-state index in [1.54, 1.807) is 35.2 Å². The van der Waals surface area contributed by atoms with E-state index in [1.807, 2.05) is 13.0 Å². The van der Waals surface area contributed by atoms with Gasteiger partial charge < -0.3 is 10.2 Å². The van der Waals surface area contributed by atoms with Crippen LogP contribution in [0.5, 0.6) is 0 Å². The number of amides is 2. The first-order chi connectivity index (χ1) is 12.4. The van der Waals surface area contributed by atoms with Crippen LogP contribution in [0.25, 0.3) is 0 Å². The molecule has 1 N–H and O–H groups in total. The molecule has 2 aromatic rings. The first-order valence-corrected chi connectivity index (χ1v) is 8.90. The zero-order valence-electron chi connectivity index (χ0n) is 14.5. The number of nitrogens with zero attached hydrogens (tertiary/aromatic N) is 1. The number of carbonyl (C=O) groups excluding carboxylic acids is 2. The van der Waals surface area contributed by atoms with Crippen molar-refractivity contribution in [2.75, 3.05) is 18.4 Å². The lowest BCUT2D eigenvalue weighted by Gasteiger charge is -2.17. The summed E-state index contributed by atoms with van der Waals surface area (Å²) >= 11 is 5.97. The molecular weight excluding hydrogens is 355 g/mol. The minimum Gasteiger partial charge on any atom is -0.342 e. The van der Waals surface area contributed by atoms with Gasteiger partial charge in [0.15, 0.2) is 0 Å². The fourth-order valence-corrected chi connectivity index (χ4v) is 3.26. The third kappa shape index (κ3) is 4.22. The number of rotatable bonds is 5. The molecule has 0 saturated carbocycles. The number of aryl methyl sites for hydroxylation is 1. The highest BCUT2D eigenvalue weighted by atomic mass is 35.5. The van der Waals surface area contributed by atoms with Gasteiger partial charge in [-0.15, -0.1) is 0 Å². The molecule has 1 atom stereocenters. The lowest BCUT2D eigenvalue weighted by molar-refractivity contribution is -0.128. The standard InChI is InChI=1S/C20H20ClFN2O2/c1-13-6-7-16(21)11-18(13)23-20(26)15-10-19(25)24(12-15)9-8-14-4-2-3-5-17(14)22/h2-7,11,15H,8-10,12H2,1H3,(H,23,26). The number of hydrogen-bond acceptors (Lipinski definition) is 2. The van der Waals surface area contributed by atoms with E-state index in [9.17, 15) is 14.0 Å². The molecule has 4 nitrogen and oxygen atoms in total. The Morgan fingerprint density at radius 1 is 1.31 bits per heavy atom. The minimum atomic E-state index is -0.415. The maximum Gasteiger partial charge on any atom is 0.229 e. The van der Waals surface area contributed by atoms with Crippen LogP contribution < -0.4 is 5.32 Å². The van der Waals surface area contributed by atoms with E-state index in [1.165, 1.54) is 6.07 Å². The Morgan fingerprint density at radius 2 is 2.08 bits per heavy atom. The van der Waals surface area contributed by atoms with Gasteiger partial charge in [0.1, 0.15) is 5.82 Å². The van der Waals surface area contributed by atoms with Crippen molar-refractivity contribution < 1.29 is 14.0 Å². The summed E-state index contributed by atoms with van der Waals surface area (Å²) in [5.41, 5.74) is 2.13. The molecule has 0 aliphatic carbocycles. The van der Waals surface area contributed by atoms with Gasteiger partial charge in [-0.2, -0.15) is 0 Å². The molecule has 0 aromatic heterocycles. The van der Waals surface area contributed by atoms with Crippen LogP contribution in [0.4, 0.5) is 10.1 Å². The van der Waals surface area contributed by atoms with Crippen LogP contribution in [-0.2, 0) is 16.0 Å². The molecule has 26 heavy (non-hydrogen) atoms. The van der Waals surface area contributed by atoms with Crippen molar-refractivity contribution in [3.63, 3.8) is 0 Å². The van der Waals surface area contributed by atoms with Crippen molar-refractivity contribution in [1.29, 1.82) is 0 Å². The summed E-state index contributed by atoms with van der Waals surface area (Å²) < 4.78 is 13.7. The Kier molecular flexibility index (Phi) is 5.57. The number of halogens is 2. The van der Waals surface area contributed by atoms with Crippen LogP contribution in [0, 0.1) is 18.7 Å². The van der Waals surface area contributed by atoms with Crippen molar-refractivity contribution in [3.05, 3.63) is 64.4 Å². The van der Waals surface area contributed by atoms with Gasteiger partial charge in [-0.1, -0.05) is 35.9 Å². The molecule has 1 aliphatic heterocycles. The van der Waals surface area contributed by atoms with Crippen LogP contribution in [0.2, 0.25) is 5.02 Å². The van der Waals surface area contributed by atoms with Gasteiger partial charge in [-0.05, 0) is 42.7 Å². The Labute approximate surface area is 157 Å². The fourth-order valence-electron chi connectivity index (χ4n) is 3.08. The quantitative estimate of drug-likeness (QED) is 0.865. The predicted octanol–water partition coefficient (Wildman–Crippen LogP) is 3.82. The highest BCUT2D eigenvalue weighted by Crippen LogP contribution is 2.24. The first-order valence-electron chi connectivity index (χ1n) is 8.52. The second-order valence-corrected chi connectivity index (χ2v) is 6.97. The number of hydrogen-bond donors (Lipinski definition) is 1. The molecule has 1 unspecified atom stereocenters. The van der Waals surface area contributed by atoms with Gasteiger partial charge in [-0.25, -0.2) is 4.39 Å². The number of likely N-dealkylation sites (tertiary alicyclic amines) is 1. The van der Waals surface area contributed by atoms with Gasteiger partial charge in [0.2, 0.25) is 11.8 Å². The summed E-state index contributed by atoms with van der Waals surface area (Å²) in [6.45, 7) is 2.63. The summed E-state index contributed by atoms with van der Waals surface area (Å²) in [5, 5.41) is 3.40. The molecule has 3 rings (SSSR count). The van der Waals surface area contributed by atoms with E-state index in [4.69, 9.17) is 11.6 Å². The zero-order chi connectivity index (χ0) is 18.7. The summed E-state index contributed by atoms with van der Waals surface area (Å²) in [6.07, 6.45) is 0.600. The lowest BCUT2D eigenvalue weighted by Crippen LogP contribution is -2.30. The van der Waals surface area contributed by atoms with Gasteiger partial charge >= 0.3 is 0 Å². The Morgan fingerprint density at radius 3 is 2.85 bits per heavy atom. The SMILES string of the molecule is Cc1ccc(Cl)cc1NC(=O)C1CC(=O)N(CCc2ccccc2F)C1. The van der Waals surface area contributed by atoms with Crippen molar-refractivity contribution in [3.8, 4) is 0 Å². The average molecular weight is 375 g/mol. The van der Waals surface area contributed by atoms with Gasteiger partial charge in [0.25, 0.3) is 0 Å². The van der Waals surface area contributed by atoms with Crippen molar-refractivity contribution in [2.24, 2.45) is 5.92 Å². The number of carbonyl (C=O) groups is 2. The normalized spacial score (nSPS) is 16.8. The molecule has 2 amide bonds. The first kappa shape index (κ1) is 18.4. The molecule has 1 aliphatic rings. The predicted molar refractivity (Wildman–Crippen MR) is 99.6 cm³/mol. The second-order valence-electron chi connectivity index (χ2n) is 6.53. The van der Waals surface area contributed by atoms with Crippen LogP contribution in [0.1, 0.15) is 17.5 Å². The van der Waals surface area contributed by atoms with Gasteiger partial charge in [0, 0.05) is 30.2 Å². The molecule has 6 heteroatoms. The van der Waals surface area contributed by atoms with Crippen LogP contribution in [0.3, 0.4) is 0 Å². The number of nitrogens with one attached hydrogen (secondary N) is 1. The molecule has 0 spiro atoms. The van der Waals surface area contributed by atoms with Crippen molar-refractivity contribution in [1.82, 2.24) is 4.90 Å². The second kappa shape index (κ2) is 7.87. The molecule has 0 bridgehead atoms. The van der Waals surface area contributed by atoms with Crippen LogP contribution >= 0.6 is 11.6 Å². The Balaban J connectivity index is 1.59. The molecule has 1 saturated heterocycles.